The Hall–Kier alpha value is -3.64. The van der Waals surface area contributed by atoms with Gasteiger partial charge in [-0.2, -0.15) is 5.10 Å². The van der Waals surface area contributed by atoms with Crippen LogP contribution in [0.1, 0.15) is 16.7 Å². The van der Waals surface area contributed by atoms with Crippen LogP contribution in [0, 0.1) is 0 Å². The van der Waals surface area contributed by atoms with Gasteiger partial charge in [0.05, 0.1) is 20.4 Å². The molecule has 6 heteroatoms. The number of hydrazone groups is 1. The van der Waals surface area contributed by atoms with Gasteiger partial charge in [-0.05, 0) is 23.3 Å². The number of nitrogens with one attached hydrogen (secondary N) is 1. The Morgan fingerprint density at radius 2 is 1.52 bits per heavy atom. The van der Waals surface area contributed by atoms with E-state index in [4.69, 9.17) is 9.47 Å². The van der Waals surface area contributed by atoms with Crippen molar-refractivity contribution in [2.24, 2.45) is 5.10 Å². The van der Waals surface area contributed by atoms with E-state index in [1.165, 1.54) is 13.3 Å². The second-order valence-electron chi connectivity index (χ2n) is 6.25. The van der Waals surface area contributed by atoms with Crippen molar-refractivity contribution in [3.63, 3.8) is 0 Å². The number of hydrogen-bond donors (Lipinski definition) is 2. The third-order valence-corrected chi connectivity index (χ3v) is 4.52. The van der Waals surface area contributed by atoms with E-state index < -0.39 is 11.5 Å². The Bertz CT molecular complexity index is 949. The molecule has 0 aliphatic heterocycles. The predicted molar refractivity (Wildman–Crippen MR) is 111 cm³/mol. The van der Waals surface area contributed by atoms with Gasteiger partial charge in [0.25, 0.3) is 5.91 Å². The highest BCUT2D eigenvalue weighted by atomic mass is 16.5. The first-order chi connectivity index (χ1) is 14.1. The molecule has 1 amide bonds. The van der Waals surface area contributed by atoms with Gasteiger partial charge >= 0.3 is 0 Å². The number of hydrogen-bond acceptors (Lipinski definition) is 5. The fraction of sp³-hybridized carbons (Fsp3) is 0.130. The number of aliphatic hydroxyl groups is 1. The van der Waals surface area contributed by atoms with E-state index in [0.717, 1.165) is 0 Å². The summed E-state index contributed by atoms with van der Waals surface area (Å²) in [6.45, 7) is 0. The summed E-state index contributed by atoms with van der Waals surface area (Å²) in [6.07, 6.45) is 1.45. The average molecular weight is 390 g/mol. The number of methoxy groups -OCH3 is 2. The van der Waals surface area contributed by atoms with Gasteiger partial charge in [-0.25, -0.2) is 5.43 Å². The molecule has 0 saturated heterocycles. The summed E-state index contributed by atoms with van der Waals surface area (Å²) in [7, 11) is 3.10. The number of carbonyl (C=O) groups excluding carboxylic acids is 1. The molecule has 0 spiro atoms. The standard InChI is InChI=1S/C23H22N2O4/c1-28-20-14-13-17(21(15-20)29-2)16-24-25-22(26)23(27,18-9-5-3-6-10-18)19-11-7-4-8-12-19/h3-16,27H,1-2H3,(H,25,26)/b24-16+. The number of amides is 1. The van der Waals surface area contributed by atoms with Crippen LogP contribution in [0.5, 0.6) is 11.5 Å². The molecule has 2 N–H and O–H groups in total. The van der Waals surface area contributed by atoms with Gasteiger partial charge in [0.2, 0.25) is 0 Å². The fourth-order valence-electron chi connectivity index (χ4n) is 2.95. The highest BCUT2D eigenvalue weighted by molar-refractivity contribution is 5.91. The van der Waals surface area contributed by atoms with E-state index in [1.807, 2.05) is 12.1 Å². The van der Waals surface area contributed by atoms with Crippen molar-refractivity contribution in [3.8, 4) is 11.5 Å². The molecule has 148 valence electrons. The SMILES string of the molecule is COc1ccc(/C=N/NC(=O)C(O)(c2ccccc2)c2ccccc2)c(OC)c1. The molecule has 0 radical (unpaired) electrons. The molecular formula is C23H22N2O4. The van der Waals surface area contributed by atoms with E-state index in [9.17, 15) is 9.90 Å². The van der Waals surface area contributed by atoms with Gasteiger partial charge in [0.1, 0.15) is 11.5 Å². The topological polar surface area (TPSA) is 80.2 Å². The molecule has 29 heavy (non-hydrogen) atoms. The molecule has 3 aromatic carbocycles. The summed E-state index contributed by atoms with van der Waals surface area (Å²) in [5, 5.41) is 15.4. The van der Waals surface area contributed by atoms with Gasteiger partial charge in [0, 0.05) is 11.6 Å². The number of carbonyl (C=O) groups is 1. The molecule has 0 heterocycles. The monoisotopic (exact) mass is 390 g/mol. The van der Waals surface area contributed by atoms with Crippen LogP contribution in [0.3, 0.4) is 0 Å². The highest BCUT2D eigenvalue weighted by Crippen LogP contribution is 2.30. The van der Waals surface area contributed by atoms with E-state index in [-0.39, 0.29) is 0 Å². The van der Waals surface area contributed by atoms with Crippen molar-refractivity contribution in [1.29, 1.82) is 0 Å². The molecule has 0 fully saturated rings. The molecule has 0 bridgehead atoms. The minimum atomic E-state index is -1.89. The lowest BCUT2D eigenvalue weighted by Crippen LogP contribution is -2.43. The van der Waals surface area contributed by atoms with Crippen molar-refractivity contribution in [1.82, 2.24) is 5.43 Å². The zero-order chi connectivity index (χ0) is 20.7. The van der Waals surface area contributed by atoms with Gasteiger partial charge in [-0.1, -0.05) is 60.7 Å². The molecule has 3 rings (SSSR count). The Morgan fingerprint density at radius 3 is 2.03 bits per heavy atom. The first-order valence-corrected chi connectivity index (χ1v) is 8.98. The second-order valence-corrected chi connectivity index (χ2v) is 6.25. The van der Waals surface area contributed by atoms with E-state index in [0.29, 0.717) is 28.2 Å². The maximum atomic E-state index is 13.0. The molecule has 0 unspecified atom stereocenters. The molecule has 0 saturated carbocycles. The van der Waals surface area contributed by atoms with E-state index in [2.05, 4.69) is 10.5 Å². The van der Waals surface area contributed by atoms with Crippen LogP contribution in [0.15, 0.2) is 84.0 Å². The largest absolute Gasteiger partial charge is 0.497 e. The maximum Gasteiger partial charge on any atom is 0.281 e. The third-order valence-electron chi connectivity index (χ3n) is 4.52. The van der Waals surface area contributed by atoms with Crippen LogP contribution in [0.4, 0.5) is 0 Å². The van der Waals surface area contributed by atoms with Crippen LogP contribution in [-0.2, 0) is 10.4 Å². The van der Waals surface area contributed by atoms with Gasteiger partial charge in [-0.3, -0.25) is 4.79 Å². The molecule has 0 aliphatic carbocycles. The first-order valence-electron chi connectivity index (χ1n) is 8.98. The minimum Gasteiger partial charge on any atom is -0.497 e. The molecule has 6 nitrogen and oxygen atoms in total. The maximum absolute atomic E-state index is 13.0. The molecule has 3 aromatic rings. The predicted octanol–water partition coefficient (Wildman–Crippen LogP) is 3.09. The fourth-order valence-corrected chi connectivity index (χ4v) is 2.95. The van der Waals surface area contributed by atoms with Crippen LogP contribution in [-0.4, -0.2) is 31.4 Å². The lowest BCUT2D eigenvalue weighted by atomic mass is 9.85. The Kier molecular flexibility index (Phi) is 6.26. The summed E-state index contributed by atoms with van der Waals surface area (Å²) < 4.78 is 10.5. The number of ether oxygens (including phenoxy) is 2. The lowest BCUT2D eigenvalue weighted by Gasteiger charge is -2.27. The van der Waals surface area contributed by atoms with Gasteiger partial charge in [0.15, 0.2) is 5.60 Å². The van der Waals surface area contributed by atoms with E-state index in [1.54, 1.807) is 73.8 Å². The van der Waals surface area contributed by atoms with Crippen LogP contribution >= 0.6 is 0 Å². The Morgan fingerprint density at radius 1 is 0.931 bits per heavy atom. The quantitative estimate of drug-likeness (QED) is 0.480. The molecule has 0 aliphatic rings. The molecule has 0 atom stereocenters. The average Bonchev–Trinajstić information content (AvgIpc) is 2.79. The lowest BCUT2D eigenvalue weighted by molar-refractivity contribution is -0.136. The first kappa shape index (κ1) is 20.1. The molecule has 0 aromatic heterocycles. The van der Waals surface area contributed by atoms with E-state index >= 15 is 0 Å². The zero-order valence-corrected chi connectivity index (χ0v) is 16.2. The van der Waals surface area contributed by atoms with Crippen molar-refractivity contribution >= 4 is 12.1 Å². The third kappa shape index (κ3) is 4.28. The van der Waals surface area contributed by atoms with Crippen molar-refractivity contribution in [2.75, 3.05) is 14.2 Å². The summed E-state index contributed by atoms with van der Waals surface area (Å²) in [4.78, 5) is 13.0. The minimum absolute atomic E-state index is 0.445. The summed E-state index contributed by atoms with van der Waals surface area (Å²) >= 11 is 0. The summed E-state index contributed by atoms with van der Waals surface area (Å²) in [6, 6.07) is 22.7. The number of nitrogens with zero attached hydrogens (tertiary/aromatic N) is 1. The van der Waals surface area contributed by atoms with Crippen molar-refractivity contribution < 1.29 is 19.4 Å². The zero-order valence-electron chi connectivity index (χ0n) is 16.2. The normalized spacial score (nSPS) is 11.3. The summed E-state index contributed by atoms with van der Waals surface area (Å²) in [5.74, 6) is 0.521. The van der Waals surface area contributed by atoms with Gasteiger partial charge in [-0.15, -0.1) is 0 Å². The van der Waals surface area contributed by atoms with Crippen LogP contribution in [0.2, 0.25) is 0 Å². The smallest absolute Gasteiger partial charge is 0.281 e. The van der Waals surface area contributed by atoms with Gasteiger partial charge < -0.3 is 14.6 Å². The molecular weight excluding hydrogens is 368 g/mol. The van der Waals surface area contributed by atoms with Crippen molar-refractivity contribution in [3.05, 3.63) is 95.6 Å². The summed E-state index contributed by atoms with van der Waals surface area (Å²) in [5.41, 5.74) is 2.10. The Balaban J connectivity index is 1.88. The number of benzene rings is 3. The van der Waals surface area contributed by atoms with Crippen LogP contribution in [0.25, 0.3) is 0 Å². The second kappa shape index (κ2) is 9.03. The van der Waals surface area contributed by atoms with Crippen molar-refractivity contribution in [2.45, 2.75) is 5.60 Å². The van der Waals surface area contributed by atoms with Crippen LogP contribution < -0.4 is 14.9 Å². The number of rotatable bonds is 7. The highest BCUT2D eigenvalue weighted by Gasteiger charge is 2.39. The Labute approximate surface area is 169 Å².